The first-order valence-electron chi connectivity index (χ1n) is 5.77. The van der Waals surface area contributed by atoms with E-state index in [0.717, 1.165) is 15.9 Å². The van der Waals surface area contributed by atoms with Crippen LogP contribution in [-0.2, 0) is 0 Å². The molecule has 1 heterocycles. The van der Waals surface area contributed by atoms with Crippen molar-refractivity contribution >= 4 is 21.6 Å². The summed E-state index contributed by atoms with van der Waals surface area (Å²) in [6.45, 7) is 5.96. The minimum atomic E-state index is 0.197. The highest BCUT2D eigenvalue weighted by molar-refractivity contribution is 9.10. The number of nitrogens with zero attached hydrogens (tertiary/aromatic N) is 2. The van der Waals surface area contributed by atoms with Gasteiger partial charge in [-0.3, -0.25) is 0 Å². The summed E-state index contributed by atoms with van der Waals surface area (Å²) in [6.07, 6.45) is 0. The van der Waals surface area contributed by atoms with Crippen molar-refractivity contribution in [3.8, 4) is 11.6 Å². The Kier molecular flexibility index (Phi) is 3.61. The highest BCUT2D eigenvalue weighted by atomic mass is 79.9. The lowest BCUT2D eigenvalue weighted by atomic mass is 10.3. The van der Waals surface area contributed by atoms with E-state index in [1.54, 1.807) is 4.68 Å². The lowest BCUT2D eigenvalue weighted by Gasteiger charge is -2.12. The molecule has 18 heavy (non-hydrogen) atoms. The summed E-state index contributed by atoms with van der Waals surface area (Å²) in [5, 5.41) is 4.38. The van der Waals surface area contributed by atoms with Gasteiger partial charge in [0.05, 0.1) is 11.7 Å². The van der Waals surface area contributed by atoms with Crippen LogP contribution in [0.15, 0.2) is 28.7 Å². The number of hydrogen-bond donors (Lipinski definition) is 1. The van der Waals surface area contributed by atoms with Crippen LogP contribution in [0.1, 0.15) is 25.6 Å². The second kappa shape index (κ2) is 5.02. The standard InChI is InChI=1S/C13H16BrN3O/c1-8(2)17-13(12(15)9(3)16-17)18-11-6-4-5-10(14)7-11/h4-8H,15H2,1-3H3. The van der Waals surface area contributed by atoms with Crippen molar-refractivity contribution < 1.29 is 4.74 Å². The molecular formula is C13H16BrN3O. The maximum Gasteiger partial charge on any atom is 0.241 e. The van der Waals surface area contributed by atoms with Gasteiger partial charge in [0.1, 0.15) is 11.4 Å². The van der Waals surface area contributed by atoms with Crippen LogP contribution >= 0.6 is 15.9 Å². The van der Waals surface area contributed by atoms with Crippen molar-refractivity contribution in [2.45, 2.75) is 26.8 Å². The molecule has 0 aliphatic carbocycles. The molecule has 96 valence electrons. The van der Waals surface area contributed by atoms with Crippen LogP contribution in [0.3, 0.4) is 0 Å². The van der Waals surface area contributed by atoms with Crippen LogP contribution in [0.5, 0.6) is 11.6 Å². The van der Waals surface area contributed by atoms with Crippen molar-refractivity contribution in [2.75, 3.05) is 5.73 Å². The summed E-state index contributed by atoms with van der Waals surface area (Å²) in [7, 11) is 0. The van der Waals surface area contributed by atoms with Crippen molar-refractivity contribution in [1.29, 1.82) is 0 Å². The Morgan fingerprint density at radius 1 is 1.39 bits per heavy atom. The van der Waals surface area contributed by atoms with Gasteiger partial charge in [-0.05, 0) is 39.0 Å². The van der Waals surface area contributed by atoms with Gasteiger partial charge in [-0.15, -0.1) is 0 Å². The molecule has 0 saturated carbocycles. The average molecular weight is 310 g/mol. The molecular weight excluding hydrogens is 294 g/mol. The molecule has 1 aromatic carbocycles. The minimum absolute atomic E-state index is 0.197. The van der Waals surface area contributed by atoms with Crippen LogP contribution in [0.2, 0.25) is 0 Å². The summed E-state index contributed by atoms with van der Waals surface area (Å²) < 4.78 is 8.61. The van der Waals surface area contributed by atoms with Gasteiger partial charge in [-0.25, -0.2) is 4.68 Å². The van der Waals surface area contributed by atoms with E-state index in [9.17, 15) is 0 Å². The molecule has 0 atom stereocenters. The maximum absolute atomic E-state index is 6.01. The van der Waals surface area contributed by atoms with E-state index in [0.29, 0.717) is 11.6 Å². The highest BCUT2D eigenvalue weighted by Gasteiger charge is 2.16. The van der Waals surface area contributed by atoms with E-state index < -0.39 is 0 Å². The number of rotatable bonds is 3. The van der Waals surface area contributed by atoms with E-state index in [2.05, 4.69) is 21.0 Å². The Labute approximate surface area is 115 Å². The first kappa shape index (κ1) is 13.0. The molecule has 1 aromatic heterocycles. The number of aryl methyl sites for hydroxylation is 1. The van der Waals surface area contributed by atoms with E-state index in [-0.39, 0.29) is 6.04 Å². The second-order valence-corrected chi connectivity index (χ2v) is 5.32. The zero-order valence-electron chi connectivity index (χ0n) is 10.6. The summed E-state index contributed by atoms with van der Waals surface area (Å²) in [6, 6.07) is 7.84. The molecule has 2 N–H and O–H groups in total. The smallest absolute Gasteiger partial charge is 0.241 e. The number of benzene rings is 1. The Balaban J connectivity index is 2.39. The van der Waals surface area contributed by atoms with Gasteiger partial charge in [0, 0.05) is 4.47 Å². The Hall–Kier alpha value is -1.49. The number of ether oxygens (including phenoxy) is 1. The van der Waals surface area contributed by atoms with E-state index >= 15 is 0 Å². The molecule has 0 bridgehead atoms. The number of nitrogens with two attached hydrogens (primary N) is 1. The van der Waals surface area contributed by atoms with E-state index in [4.69, 9.17) is 10.5 Å². The van der Waals surface area contributed by atoms with Crippen LogP contribution in [0.25, 0.3) is 0 Å². The molecule has 0 spiro atoms. The molecule has 0 unspecified atom stereocenters. The van der Waals surface area contributed by atoms with Crippen LogP contribution in [0, 0.1) is 6.92 Å². The molecule has 0 saturated heterocycles. The number of hydrogen-bond acceptors (Lipinski definition) is 3. The fourth-order valence-corrected chi connectivity index (χ4v) is 2.01. The Morgan fingerprint density at radius 2 is 2.11 bits per heavy atom. The van der Waals surface area contributed by atoms with Crippen LogP contribution in [-0.4, -0.2) is 9.78 Å². The minimum Gasteiger partial charge on any atom is -0.437 e. The molecule has 0 aliphatic rings. The zero-order chi connectivity index (χ0) is 13.3. The van der Waals surface area contributed by atoms with Gasteiger partial charge in [-0.1, -0.05) is 22.0 Å². The quantitative estimate of drug-likeness (QED) is 0.935. The summed E-state index contributed by atoms with van der Waals surface area (Å²) in [4.78, 5) is 0. The third-order valence-corrected chi connectivity index (χ3v) is 3.08. The lowest BCUT2D eigenvalue weighted by molar-refractivity contribution is 0.389. The van der Waals surface area contributed by atoms with E-state index in [1.807, 2.05) is 45.0 Å². The van der Waals surface area contributed by atoms with Gasteiger partial charge in [0.2, 0.25) is 5.88 Å². The predicted octanol–water partition coefficient (Wildman–Crippen LogP) is 3.91. The highest BCUT2D eigenvalue weighted by Crippen LogP contribution is 2.32. The monoisotopic (exact) mass is 309 g/mol. The van der Waals surface area contributed by atoms with Crippen molar-refractivity contribution in [1.82, 2.24) is 9.78 Å². The molecule has 0 amide bonds. The van der Waals surface area contributed by atoms with E-state index in [1.165, 1.54) is 0 Å². The predicted molar refractivity (Wildman–Crippen MR) is 76.0 cm³/mol. The third-order valence-electron chi connectivity index (χ3n) is 2.59. The number of aromatic nitrogens is 2. The normalized spacial score (nSPS) is 10.9. The zero-order valence-corrected chi connectivity index (χ0v) is 12.2. The van der Waals surface area contributed by atoms with Gasteiger partial charge in [-0.2, -0.15) is 5.10 Å². The topological polar surface area (TPSA) is 53.1 Å². The third kappa shape index (κ3) is 2.51. The number of nitrogen functional groups attached to an aromatic ring is 1. The summed E-state index contributed by atoms with van der Waals surface area (Å²) >= 11 is 3.41. The molecule has 5 heteroatoms. The SMILES string of the molecule is Cc1nn(C(C)C)c(Oc2cccc(Br)c2)c1N. The molecule has 0 fully saturated rings. The van der Waals surface area contributed by atoms with Crippen LogP contribution < -0.4 is 10.5 Å². The number of anilines is 1. The first-order valence-corrected chi connectivity index (χ1v) is 6.56. The first-order chi connectivity index (χ1) is 8.49. The van der Waals surface area contributed by atoms with Gasteiger partial charge in [0.25, 0.3) is 0 Å². The summed E-state index contributed by atoms with van der Waals surface area (Å²) in [5.74, 6) is 1.33. The van der Waals surface area contributed by atoms with Gasteiger partial charge < -0.3 is 10.5 Å². The fraction of sp³-hybridized carbons (Fsp3) is 0.308. The molecule has 4 nitrogen and oxygen atoms in total. The van der Waals surface area contributed by atoms with Crippen molar-refractivity contribution in [2.24, 2.45) is 0 Å². The van der Waals surface area contributed by atoms with Gasteiger partial charge in [0.15, 0.2) is 0 Å². The number of halogens is 1. The molecule has 2 aromatic rings. The maximum atomic E-state index is 6.01. The largest absolute Gasteiger partial charge is 0.437 e. The summed E-state index contributed by atoms with van der Waals surface area (Å²) in [5.41, 5.74) is 7.38. The Bertz CT molecular complexity index is 563. The Morgan fingerprint density at radius 3 is 2.72 bits per heavy atom. The molecule has 0 aliphatic heterocycles. The second-order valence-electron chi connectivity index (χ2n) is 4.40. The van der Waals surface area contributed by atoms with Gasteiger partial charge >= 0.3 is 0 Å². The lowest BCUT2D eigenvalue weighted by Crippen LogP contribution is -2.05. The molecule has 2 rings (SSSR count). The van der Waals surface area contributed by atoms with Crippen LogP contribution in [0.4, 0.5) is 5.69 Å². The van der Waals surface area contributed by atoms with Crippen molar-refractivity contribution in [3.05, 3.63) is 34.4 Å². The average Bonchev–Trinajstić information content (AvgIpc) is 2.57. The van der Waals surface area contributed by atoms with Crippen molar-refractivity contribution in [3.63, 3.8) is 0 Å². The fourth-order valence-electron chi connectivity index (χ4n) is 1.63. The molecule has 0 radical (unpaired) electrons.